The zero-order valence-corrected chi connectivity index (χ0v) is 13.7. The molecule has 0 radical (unpaired) electrons. The third kappa shape index (κ3) is 4.55. The third-order valence-corrected chi connectivity index (χ3v) is 3.79. The molecule has 0 saturated carbocycles. The minimum absolute atomic E-state index is 0. The lowest BCUT2D eigenvalue weighted by atomic mass is 10.0. The second-order valence-electron chi connectivity index (χ2n) is 5.18. The molecule has 118 valence electrons. The first kappa shape index (κ1) is 18.1. The number of amides is 1. The fourth-order valence-electron chi connectivity index (χ4n) is 2.23. The number of nitrogens with zero attached hydrogens (tertiary/aromatic N) is 2. The molecule has 2 unspecified atom stereocenters. The zero-order chi connectivity index (χ0) is 15.2. The van der Waals surface area contributed by atoms with Gasteiger partial charge in [0.1, 0.15) is 0 Å². The van der Waals surface area contributed by atoms with E-state index in [9.17, 15) is 4.79 Å². The van der Waals surface area contributed by atoms with Crippen LogP contribution in [0.2, 0.25) is 0 Å². The summed E-state index contributed by atoms with van der Waals surface area (Å²) in [5, 5.41) is 0. The first-order chi connectivity index (χ1) is 10.1. The molecule has 2 rings (SSSR count). The largest absolute Gasteiger partial charge is 0.339 e. The Labute approximate surface area is 137 Å². The lowest BCUT2D eigenvalue weighted by Gasteiger charge is -2.26. The number of hydrogen-bond donors (Lipinski definition) is 1. The molecule has 1 amide bonds. The highest BCUT2D eigenvalue weighted by molar-refractivity contribution is 5.85. The Morgan fingerprint density at radius 2 is 1.73 bits per heavy atom. The van der Waals surface area contributed by atoms with Crippen molar-refractivity contribution in [2.24, 2.45) is 5.73 Å². The Morgan fingerprint density at radius 3 is 2.32 bits per heavy atom. The molecule has 2 atom stereocenters. The molecule has 5 heteroatoms. The molecule has 0 aliphatic heterocycles. The minimum atomic E-state index is -0.272. The van der Waals surface area contributed by atoms with Gasteiger partial charge in [0, 0.05) is 31.9 Å². The molecule has 1 aromatic carbocycles. The van der Waals surface area contributed by atoms with Crippen LogP contribution in [0.4, 0.5) is 0 Å². The van der Waals surface area contributed by atoms with Crippen LogP contribution in [0.3, 0.4) is 0 Å². The molecule has 0 saturated heterocycles. The van der Waals surface area contributed by atoms with E-state index in [0.29, 0.717) is 6.42 Å². The van der Waals surface area contributed by atoms with Crippen molar-refractivity contribution < 1.29 is 4.79 Å². The van der Waals surface area contributed by atoms with E-state index in [1.807, 2.05) is 56.4 Å². The normalized spacial score (nSPS) is 12.9. The van der Waals surface area contributed by atoms with Gasteiger partial charge in [0.05, 0.1) is 6.04 Å². The van der Waals surface area contributed by atoms with E-state index >= 15 is 0 Å². The highest BCUT2D eigenvalue weighted by Gasteiger charge is 2.20. The molecular formula is C17H22ClN3O. The lowest BCUT2D eigenvalue weighted by molar-refractivity contribution is -0.132. The van der Waals surface area contributed by atoms with Gasteiger partial charge in [0.15, 0.2) is 0 Å². The van der Waals surface area contributed by atoms with E-state index in [1.165, 1.54) is 0 Å². The van der Waals surface area contributed by atoms with Gasteiger partial charge in [-0.1, -0.05) is 30.3 Å². The van der Waals surface area contributed by atoms with Crippen molar-refractivity contribution in [3.05, 3.63) is 66.0 Å². The molecule has 0 spiro atoms. The lowest BCUT2D eigenvalue weighted by Crippen LogP contribution is -2.32. The van der Waals surface area contributed by atoms with Crippen LogP contribution in [0.1, 0.15) is 36.6 Å². The number of rotatable bonds is 5. The summed E-state index contributed by atoms with van der Waals surface area (Å²) in [6.45, 7) is 2.00. The zero-order valence-electron chi connectivity index (χ0n) is 12.8. The monoisotopic (exact) mass is 319 g/mol. The minimum Gasteiger partial charge on any atom is -0.339 e. The highest BCUT2D eigenvalue weighted by Crippen LogP contribution is 2.21. The van der Waals surface area contributed by atoms with Crippen LogP contribution >= 0.6 is 12.4 Å². The predicted molar refractivity (Wildman–Crippen MR) is 90.7 cm³/mol. The van der Waals surface area contributed by atoms with E-state index in [-0.39, 0.29) is 30.4 Å². The summed E-state index contributed by atoms with van der Waals surface area (Å²) < 4.78 is 0. The average molecular weight is 320 g/mol. The van der Waals surface area contributed by atoms with E-state index in [2.05, 4.69) is 4.98 Å². The Balaban J connectivity index is 0.00000242. The fourth-order valence-corrected chi connectivity index (χ4v) is 2.23. The molecule has 0 aliphatic carbocycles. The number of carbonyl (C=O) groups is 1. The molecule has 0 fully saturated rings. The Kier molecular flexibility index (Phi) is 7.02. The summed E-state index contributed by atoms with van der Waals surface area (Å²) in [7, 11) is 1.81. The second kappa shape index (κ2) is 8.51. The van der Waals surface area contributed by atoms with Gasteiger partial charge in [0.25, 0.3) is 0 Å². The average Bonchev–Trinajstić information content (AvgIpc) is 2.55. The SMILES string of the molecule is CC(c1ccncc1)N(C)C(=O)CC(N)c1ccccc1.Cl. The van der Waals surface area contributed by atoms with Crippen molar-refractivity contribution in [3.63, 3.8) is 0 Å². The number of carbonyl (C=O) groups excluding carboxylic acids is 1. The summed E-state index contributed by atoms with van der Waals surface area (Å²) in [6.07, 6.45) is 3.77. The standard InChI is InChI=1S/C17H21N3O.ClH/c1-13(14-8-10-19-11-9-14)20(2)17(21)12-16(18)15-6-4-3-5-7-15;/h3-11,13,16H,12,18H2,1-2H3;1H. The number of pyridine rings is 1. The molecule has 22 heavy (non-hydrogen) atoms. The van der Waals surface area contributed by atoms with Crippen molar-refractivity contribution in [2.75, 3.05) is 7.05 Å². The van der Waals surface area contributed by atoms with E-state index in [0.717, 1.165) is 11.1 Å². The quantitative estimate of drug-likeness (QED) is 0.921. The summed E-state index contributed by atoms with van der Waals surface area (Å²) >= 11 is 0. The fraction of sp³-hybridized carbons (Fsp3) is 0.294. The predicted octanol–water partition coefficient (Wildman–Crippen LogP) is 3.11. The van der Waals surface area contributed by atoms with Crippen molar-refractivity contribution in [1.82, 2.24) is 9.88 Å². The maximum absolute atomic E-state index is 12.4. The van der Waals surface area contributed by atoms with E-state index in [1.54, 1.807) is 17.3 Å². The van der Waals surface area contributed by atoms with Gasteiger partial charge >= 0.3 is 0 Å². The molecule has 1 heterocycles. The van der Waals surface area contributed by atoms with Crippen LogP contribution in [0, 0.1) is 0 Å². The number of aromatic nitrogens is 1. The van der Waals surface area contributed by atoms with Crippen LogP contribution in [0.5, 0.6) is 0 Å². The van der Waals surface area contributed by atoms with Gasteiger partial charge in [-0.3, -0.25) is 9.78 Å². The van der Waals surface area contributed by atoms with Crippen LogP contribution in [-0.4, -0.2) is 22.8 Å². The Morgan fingerprint density at radius 1 is 1.14 bits per heavy atom. The van der Waals surface area contributed by atoms with Crippen LogP contribution in [0.15, 0.2) is 54.9 Å². The molecule has 2 N–H and O–H groups in total. The summed E-state index contributed by atoms with van der Waals surface area (Å²) in [4.78, 5) is 18.1. The summed E-state index contributed by atoms with van der Waals surface area (Å²) in [5.41, 5.74) is 8.16. The van der Waals surface area contributed by atoms with Crippen molar-refractivity contribution >= 4 is 18.3 Å². The van der Waals surface area contributed by atoms with E-state index in [4.69, 9.17) is 5.73 Å². The smallest absolute Gasteiger partial charge is 0.224 e. The van der Waals surface area contributed by atoms with Gasteiger partial charge in [-0.05, 0) is 30.2 Å². The van der Waals surface area contributed by atoms with E-state index < -0.39 is 0 Å². The molecular weight excluding hydrogens is 298 g/mol. The number of hydrogen-bond acceptors (Lipinski definition) is 3. The Bertz CT molecular complexity index is 577. The molecule has 4 nitrogen and oxygen atoms in total. The number of benzene rings is 1. The first-order valence-electron chi connectivity index (χ1n) is 7.05. The maximum Gasteiger partial charge on any atom is 0.224 e. The number of nitrogens with two attached hydrogens (primary N) is 1. The third-order valence-electron chi connectivity index (χ3n) is 3.79. The Hall–Kier alpha value is -1.91. The first-order valence-corrected chi connectivity index (χ1v) is 7.05. The summed E-state index contributed by atoms with van der Waals surface area (Å²) in [6, 6.07) is 13.3. The van der Waals surface area contributed by atoms with Crippen LogP contribution < -0.4 is 5.73 Å². The van der Waals surface area contributed by atoms with Crippen molar-refractivity contribution in [2.45, 2.75) is 25.4 Å². The van der Waals surface area contributed by atoms with Crippen LogP contribution in [0.25, 0.3) is 0 Å². The van der Waals surface area contributed by atoms with Crippen molar-refractivity contribution in [1.29, 1.82) is 0 Å². The number of halogens is 1. The maximum atomic E-state index is 12.4. The molecule has 2 aromatic rings. The highest BCUT2D eigenvalue weighted by atomic mass is 35.5. The van der Waals surface area contributed by atoms with Gasteiger partial charge in [-0.25, -0.2) is 0 Å². The topological polar surface area (TPSA) is 59.2 Å². The van der Waals surface area contributed by atoms with Gasteiger partial charge in [-0.15, -0.1) is 12.4 Å². The van der Waals surface area contributed by atoms with Gasteiger partial charge < -0.3 is 10.6 Å². The molecule has 0 aliphatic rings. The van der Waals surface area contributed by atoms with Crippen molar-refractivity contribution in [3.8, 4) is 0 Å². The van der Waals surface area contributed by atoms with Gasteiger partial charge in [-0.2, -0.15) is 0 Å². The van der Waals surface area contributed by atoms with Crippen LogP contribution in [-0.2, 0) is 4.79 Å². The molecule has 1 aromatic heterocycles. The van der Waals surface area contributed by atoms with Gasteiger partial charge in [0.2, 0.25) is 5.91 Å². The molecule has 0 bridgehead atoms. The summed E-state index contributed by atoms with van der Waals surface area (Å²) in [5.74, 6) is 0.0377. The second-order valence-corrected chi connectivity index (χ2v) is 5.18.